The van der Waals surface area contributed by atoms with Crippen LogP contribution < -0.4 is 10.9 Å². The third kappa shape index (κ3) is 3.97. The van der Waals surface area contributed by atoms with Gasteiger partial charge in [-0.1, -0.05) is 13.8 Å². The molecule has 1 aliphatic heterocycles. The predicted octanol–water partition coefficient (Wildman–Crippen LogP) is 1.32. The van der Waals surface area contributed by atoms with Crippen molar-refractivity contribution in [2.45, 2.75) is 41.0 Å². The molecule has 3 rings (SSSR count). The van der Waals surface area contributed by atoms with E-state index < -0.39 is 11.8 Å². The van der Waals surface area contributed by atoms with Crippen LogP contribution in [0.3, 0.4) is 0 Å². The number of aryl methyl sites for hydroxylation is 2. The number of nitrogens with one attached hydrogen (secondary N) is 2. The quantitative estimate of drug-likeness (QED) is 0.756. The number of H-pyrrole nitrogens is 1. The molecule has 0 radical (unpaired) electrons. The summed E-state index contributed by atoms with van der Waals surface area (Å²) in [7, 11) is 0. The molecule has 9 heteroatoms. The molecule has 28 heavy (non-hydrogen) atoms. The molecular formula is C19H26N6O3. The molecule has 1 aliphatic rings. The summed E-state index contributed by atoms with van der Waals surface area (Å²) in [4.78, 5) is 45.8. The van der Waals surface area contributed by atoms with E-state index in [1.165, 1.54) is 4.68 Å². The number of hydrogen-bond acceptors (Lipinski definition) is 5. The van der Waals surface area contributed by atoms with Crippen LogP contribution in [0.1, 0.15) is 37.2 Å². The highest BCUT2D eigenvalue weighted by Gasteiger charge is 2.30. The van der Waals surface area contributed by atoms with Crippen LogP contribution in [-0.2, 0) is 9.59 Å². The molecule has 1 saturated heterocycles. The molecule has 150 valence electrons. The fraction of sp³-hybridized carbons (Fsp3) is 0.526. The molecule has 0 aromatic carbocycles. The molecule has 0 aliphatic carbocycles. The number of aromatic amines is 1. The van der Waals surface area contributed by atoms with Gasteiger partial charge < -0.3 is 10.2 Å². The van der Waals surface area contributed by atoms with E-state index in [4.69, 9.17) is 0 Å². The smallest absolute Gasteiger partial charge is 0.315 e. The first-order valence-corrected chi connectivity index (χ1v) is 9.40. The number of carbonyl (C=O) groups excluding carboxylic acids is 2. The molecule has 0 saturated carbocycles. The van der Waals surface area contributed by atoms with Gasteiger partial charge in [-0.2, -0.15) is 9.78 Å². The molecule has 9 nitrogen and oxygen atoms in total. The minimum absolute atomic E-state index is 0.184. The topological polar surface area (TPSA) is 113 Å². The molecule has 0 unspecified atom stereocenters. The van der Waals surface area contributed by atoms with Crippen LogP contribution in [0.25, 0.3) is 5.95 Å². The Kier molecular flexibility index (Phi) is 5.35. The van der Waals surface area contributed by atoms with Gasteiger partial charge in [-0.3, -0.25) is 19.4 Å². The third-order valence-electron chi connectivity index (χ3n) is 5.01. The lowest BCUT2D eigenvalue weighted by atomic mass is 9.92. The van der Waals surface area contributed by atoms with Crippen molar-refractivity contribution in [3.05, 3.63) is 33.4 Å². The van der Waals surface area contributed by atoms with Gasteiger partial charge in [-0.05, 0) is 39.0 Å². The number of likely N-dealkylation sites (tertiary alicyclic amines) is 1. The lowest BCUT2D eigenvalue weighted by Crippen LogP contribution is -2.47. The average Bonchev–Trinajstić information content (AvgIpc) is 2.97. The number of nitrogens with zero attached hydrogens (tertiary/aromatic N) is 4. The molecule has 3 heterocycles. The van der Waals surface area contributed by atoms with Gasteiger partial charge in [0.05, 0.1) is 5.69 Å². The molecule has 2 amide bonds. The van der Waals surface area contributed by atoms with Crippen LogP contribution in [0.2, 0.25) is 0 Å². The molecule has 2 N–H and O–H groups in total. The van der Waals surface area contributed by atoms with Gasteiger partial charge in [0.1, 0.15) is 5.82 Å². The molecule has 0 spiro atoms. The van der Waals surface area contributed by atoms with E-state index in [0.717, 1.165) is 6.42 Å². The van der Waals surface area contributed by atoms with E-state index in [2.05, 4.69) is 34.2 Å². The van der Waals surface area contributed by atoms with Crippen LogP contribution in [-0.4, -0.2) is 49.6 Å². The number of piperidine rings is 1. The zero-order valence-electron chi connectivity index (χ0n) is 16.9. The highest BCUT2D eigenvalue weighted by Crippen LogP contribution is 2.21. The van der Waals surface area contributed by atoms with E-state index >= 15 is 0 Å². The summed E-state index contributed by atoms with van der Waals surface area (Å²) in [5.41, 5.74) is 1.42. The van der Waals surface area contributed by atoms with Crippen molar-refractivity contribution in [2.24, 2.45) is 11.8 Å². The standard InChI is InChI=1S/C19H26N6O3/c1-10-6-11(2)9-24(8-10)18(28)17(27)21-15-7-12(3)23-25(15)19-20-14(5)13(4)16(26)22-19/h7,10-11H,6,8-9H2,1-5H3,(H,21,27)(H,20,22,26)/t10-,11-/m1/s1. The maximum Gasteiger partial charge on any atom is 0.315 e. The maximum atomic E-state index is 12.6. The SMILES string of the molecule is Cc1cc(NC(=O)C(=O)N2C[C@H](C)C[C@@H](C)C2)n(-c2nc(C)c(C)c(=O)[nH]2)n1. The number of amides is 2. The molecule has 1 fully saturated rings. The van der Waals surface area contributed by atoms with E-state index in [1.807, 2.05) is 0 Å². The minimum atomic E-state index is -0.728. The summed E-state index contributed by atoms with van der Waals surface area (Å²) in [6.07, 6.45) is 1.04. The first-order valence-electron chi connectivity index (χ1n) is 9.40. The van der Waals surface area contributed by atoms with E-state index in [1.54, 1.807) is 31.7 Å². The van der Waals surface area contributed by atoms with Gasteiger partial charge in [0.25, 0.3) is 5.56 Å². The van der Waals surface area contributed by atoms with Crippen LogP contribution in [0.4, 0.5) is 5.82 Å². The van der Waals surface area contributed by atoms with Gasteiger partial charge in [0.15, 0.2) is 0 Å². The Morgan fingerprint density at radius 1 is 1.18 bits per heavy atom. The van der Waals surface area contributed by atoms with E-state index in [-0.39, 0.29) is 17.3 Å². The van der Waals surface area contributed by atoms with Crippen LogP contribution in [0, 0.1) is 32.6 Å². The zero-order chi connectivity index (χ0) is 20.6. The Labute approximate surface area is 163 Å². The highest BCUT2D eigenvalue weighted by molar-refractivity contribution is 6.39. The van der Waals surface area contributed by atoms with Gasteiger partial charge in [0.2, 0.25) is 5.95 Å². The number of rotatable bonds is 2. The summed E-state index contributed by atoms with van der Waals surface area (Å²) in [5.74, 6) is -0.111. The second kappa shape index (κ2) is 7.57. The van der Waals surface area contributed by atoms with E-state index in [9.17, 15) is 14.4 Å². The van der Waals surface area contributed by atoms with Crippen LogP contribution >= 0.6 is 0 Å². The minimum Gasteiger partial charge on any atom is -0.334 e. The van der Waals surface area contributed by atoms with Crippen molar-refractivity contribution in [3.63, 3.8) is 0 Å². The second-order valence-corrected chi connectivity index (χ2v) is 7.79. The third-order valence-corrected chi connectivity index (χ3v) is 5.01. The molecule has 2 aromatic rings. The summed E-state index contributed by atoms with van der Waals surface area (Å²) < 4.78 is 1.33. The van der Waals surface area contributed by atoms with Crippen LogP contribution in [0.15, 0.2) is 10.9 Å². The van der Waals surface area contributed by atoms with Gasteiger partial charge in [0, 0.05) is 30.4 Å². The van der Waals surface area contributed by atoms with Crippen molar-refractivity contribution in [3.8, 4) is 5.95 Å². The Morgan fingerprint density at radius 3 is 2.43 bits per heavy atom. The first-order chi connectivity index (χ1) is 13.2. The van der Waals surface area contributed by atoms with Gasteiger partial charge in [-0.25, -0.2) is 4.98 Å². The van der Waals surface area contributed by atoms with Crippen molar-refractivity contribution in [1.29, 1.82) is 0 Å². The maximum absolute atomic E-state index is 12.6. The van der Waals surface area contributed by atoms with Crippen LogP contribution in [0.5, 0.6) is 0 Å². The Morgan fingerprint density at radius 2 is 1.82 bits per heavy atom. The molecule has 2 atom stereocenters. The van der Waals surface area contributed by atoms with Crippen molar-refractivity contribution in [1.82, 2.24) is 24.6 Å². The number of anilines is 1. The largest absolute Gasteiger partial charge is 0.334 e. The van der Waals surface area contributed by atoms with Gasteiger partial charge >= 0.3 is 11.8 Å². The lowest BCUT2D eigenvalue weighted by Gasteiger charge is -2.34. The normalized spacial score (nSPS) is 19.5. The molecule has 0 bridgehead atoms. The van der Waals surface area contributed by atoms with Crippen molar-refractivity contribution in [2.75, 3.05) is 18.4 Å². The number of aromatic nitrogens is 4. The summed E-state index contributed by atoms with van der Waals surface area (Å²) in [6, 6.07) is 1.63. The predicted molar refractivity (Wildman–Crippen MR) is 104 cm³/mol. The summed E-state index contributed by atoms with van der Waals surface area (Å²) >= 11 is 0. The lowest BCUT2D eigenvalue weighted by molar-refractivity contribution is -0.145. The second-order valence-electron chi connectivity index (χ2n) is 7.79. The monoisotopic (exact) mass is 386 g/mol. The van der Waals surface area contributed by atoms with E-state index in [0.29, 0.717) is 41.9 Å². The number of hydrogen-bond donors (Lipinski definition) is 2. The number of carbonyl (C=O) groups is 2. The summed E-state index contributed by atoms with van der Waals surface area (Å²) in [5, 5.41) is 6.90. The summed E-state index contributed by atoms with van der Waals surface area (Å²) in [6.45, 7) is 10.5. The fourth-order valence-electron chi connectivity index (χ4n) is 3.62. The zero-order valence-corrected chi connectivity index (χ0v) is 16.9. The van der Waals surface area contributed by atoms with Gasteiger partial charge in [-0.15, -0.1) is 0 Å². The molecular weight excluding hydrogens is 360 g/mol. The Bertz CT molecular complexity index is 967. The molecule has 2 aromatic heterocycles. The Balaban J connectivity index is 1.84. The van der Waals surface area contributed by atoms with Crippen molar-refractivity contribution < 1.29 is 9.59 Å². The fourth-order valence-corrected chi connectivity index (χ4v) is 3.62. The van der Waals surface area contributed by atoms with Crippen molar-refractivity contribution >= 4 is 17.6 Å². The average molecular weight is 386 g/mol. The first kappa shape index (κ1) is 19.8. The highest BCUT2D eigenvalue weighted by atomic mass is 16.2. The Hall–Kier alpha value is -2.97.